The lowest BCUT2D eigenvalue weighted by atomic mass is 9.86. The lowest BCUT2D eigenvalue weighted by molar-refractivity contribution is -0.148. The first kappa shape index (κ1) is 13.2. The van der Waals surface area contributed by atoms with Crippen molar-refractivity contribution in [3.63, 3.8) is 0 Å². The van der Waals surface area contributed by atoms with E-state index in [9.17, 15) is 14.7 Å². The van der Waals surface area contributed by atoms with E-state index in [1.807, 2.05) is 0 Å². The molecule has 1 aromatic heterocycles. The number of H-pyrrole nitrogens is 1. The van der Waals surface area contributed by atoms with Crippen LogP contribution in [0, 0.1) is 5.41 Å². The number of tetrazole rings is 1. The molecule has 1 aliphatic carbocycles. The monoisotopic (exact) mass is 268 g/mol. The van der Waals surface area contributed by atoms with E-state index < -0.39 is 17.4 Å². The van der Waals surface area contributed by atoms with Crippen molar-refractivity contribution in [1.29, 1.82) is 0 Å². The van der Waals surface area contributed by atoms with E-state index in [4.69, 9.17) is 0 Å². The molecule has 1 heterocycles. The quantitative estimate of drug-likeness (QED) is 0.576. The van der Waals surface area contributed by atoms with Crippen LogP contribution in [0.5, 0.6) is 0 Å². The molecule has 9 nitrogen and oxygen atoms in total. The third kappa shape index (κ3) is 3.18. The number of carboxylic acid groups (broad SMARTS) is 1. The van der Waals surface area contributed by atoms with Gasteiger partial charge in [0.2, 0.25) is 0 Å². The highest BCUT2D eigenvalue weighted by atomic mass is 16.4. The molecule has 1 aromatic rings. The van der Waals surface area contributed by atoms with Gasteiger partial charge in [-0.2, -0.15) is 5.21 Å². The summed E-state index contributed by atoms with van der Waals surface area (Å²) in [7, 11) is 0. The highest BCUT2D eigenvalue weighted by molar-refractivity contribution is 5.78. The number of carbonyl (C=O) groups excluding carboxylic acids is 1. The summed E-state index contributed by atoms with van der Waals surface area (Å²) in [4.78, 5) is 22.8. The molecule has 104 valence electrons. The number of hydrogen-bond acceptors (Lipinski definition) is 5. The Morgan fingerprint density at radius 1 is 1.32 bits per heavy atom. The van der Waals surface area contributed by atoms with Gasteiger partial charge in [0.05, 0.1) is 12.0 Å². The maximum absolute atomic E-state index is 11.6. The first-order chi connectivity index (χ1) is 9.12. The number of rotatable bonds is 5. The van der Waals surface area contributed by atoms with Gasteiger partial charge in [0, 0.05) is 6.54 Å². The zero-order valence-corrected chi connectivity index (χ0v) is 10.3. The van der Waals surface area contributed by atoms with E-state index >= 15 is 0 Å². The molecule has 0 aliphatic heterocycles. The minimum Gasteiger partial charge on any atom is -0.481 e. The van der Waals surface area contributed by atoms with Gasteiger partial charge in [0.1, 0.15) is 0 Å². The average molecular weight is 268 g/mol. The predicted octanol–water partition coefficient (Wildman–Crippen LogP) is -0.356. The summed E-state index contributed by atoms with van der Waals surface area (Å²) in [6.07, 6.45) is 2.98. The fraction of sp³-hybridized carbons (Fsp3) is 0.700. The summed E-state index contributed by atoms with van der Waals surface area (Å²) in [6.45, 7) is 0.281. The Balaban J connectivity index is 1.77. The Morgan fingerprint density at radius 3 is 2.63 bits per heavy atom. The summed E-state index contributed by atoms with van der Waals surface area (Å²) >= 11 is 0. The molecule has 4 N–H and O–H groups in total. The molecule has 9 heteroatoms. The summed E-state index contributed by atoms with van der Waals surface area (Å²) in [5.41, 5.74) is -0.816. The first-order valence-electron chi connectivity index (χ1n) is 6.10. The van der Waals surface area contributed by atoms with E-state index in [1.165, 1.54) is 0 Å². The van der Waals surface area contributed by atoms with Crippen LogP contribution < -0.4 is 10.6 Å². The van der Waals surface area contributed by atoms with Crippen LogP contribution in [-0.2, 0) is 11.3 Å². The van der Waals surface area contributed by atoms with Gasteiger partial charge >= 0.3 is 12.0 Å². The summed E-state index contributed by atoms with van der Waals surface area (Å²) < 4.78 is 0. The minimum atomic E-state index is -0.844. The normalized spacial score (nSPS) is 17.1. The molecule has 1 aliphatic rings. The Kier molecular flexibility index (Phi) is 3.93. The smallest absolute Gasteiger partial charge is 0.315 e. The average Bonchev–Trinajstić information content (AvgIpc) is 3.05. The molecule has 0 bridgehead atoms. The van der Waals surface area contributed by atoms with Crippen LogP contribution in [-0.4, -0.2) is 44.3 Å². The topological polar surface area (TPSA) is 133 Å². The molecule has 0 unspecified atom stereocenters. The van der Waals surface area contributed by atoms with Gasteiger partial charge in [-0.3, -0.25) is 4.79 Å². The Morgan fingerprint density at radius 2 is 2.05 bits per heavy atom. The third-order valence-electron chi connectivity index (χ3n) is 3.40. The number of hydrogen-bond donors (Lipinski definition) is 4. The van der Waals surface area contributed by atoms with Crippen molar-refractivity contribution in [1.82, 2.24) is 31.3 Å². The van der Waals surface area contributed by atoms with Gasteiger partial charge < -0.3 is 15.7 Å². The third-order valence-corrected chi connectivity index (χ3v) is 3.40. The SMILES string of the molecule is O=C(NCc1nn[nH]n1)NCC1(C(=O)O)CCCC1. The van der Waals surface area contributed by atoms with Crippen molar-refractivity contribution in [2.45, 2.75) is 32.2 Å². The van der Waals surface area contributed by atoms with Crippen molar-refractivity contribution < 1.29 is 14.7 Å². The van der Waals surface area contributed by atoms with E-state index in [1.54, 1.807) is 0 Å². The molecule has 1 saturated carbocycles. The number of aromatic nitrogens is 4. The molecule has 2 amide bonds. The summed E-state index contributed by atoms with van der Waals surface area (Å²) in [5.74, 6) is -0.479. The maximum atomic E-state index is 11.6. The molecule has 0 saturated heterocycles. The fourth-order valence-corrected chi connectivity index (χ4v) is 2.25. The predicted molar refractivity (Wildman–Crippen MR) is 63.0 cm³/mol. The number of aliphatic carboxylic acids is 1. The van der Waals surface area contributed by atoms with Crippen LogP contribution >= 0.6 is 0 Å². The lowest BCUT2D eigenvalue weighted by Gasteiger charge is -2.23. The maximum Gasteiger partial charge on any atom is 0.315 e. The van der Waals surface area contributed by atoms with Gasteiger partial charge in [-0.05, 0) is 12.8 Å². The van der Waals surface area contributed by atoms with Gasteiger partial charge in [-0.15, -0.1) is 10.2 Å². The number of aromatic amines is 1. The Bertz CT molecular complexity index is 440. The van der Waals surface area contributed by atoms with Gasteiger partial charge in [-0.25, -0.2) is 4.79 Å². The molecule has 0 atom stereocenters. The van der Waals surface area contributed by atoms with Crippen molar-refractivity contribution >= 4 is 12.0 Å². The highest BCUT2D eigenvalue weighted by Gasteiger charge is 2.41. The van der Waals surface area contributed by atoms with E-state index in [0.717, 1.165) is 12.8 Å². The Hall–Kier alpha value is -2.19. The highest BCUT2D eigenvalue weighted by Crippen LogP contribution is 2.37. The summed E-state index contributed by atoms with van der Waals surface area (Å²) in [5, 5.41) is 27.4. The van der Waals surface area contributed by atoms with Crippen LogP contribution in [0.3, 0.4) is 0 Å². The minimum absolute atomic E-state index is 0.139. The zero-order chi connectivity index (χ0) is 13.7. The number of carbonyl (C=O) groups is 2. The largest absolute Gasteiger partial charge is 0.481 e. The lowest BCUT2D eigenvalue weighted by Crippen LogP contribution is -2.44. The number of urea groups is 1. The van der Waals surface area contributed by atoms with Crippen LogP contribution in [0.4, 0.5) is 4.79 Å². The van der Waals surface area contributed by atoms with E-state index in [0.29, 0.717) is 18.7 Å². The second kappa shape index (κ2) is 5.63. The molecular formula is C10H16N6O3. The molecule has 19 heavy (non-hydrogen) atoms. The second-order valence-corrected chi connectivity index (χ2v) is 4.66. The van der Waals surface area contributed by atoms with Crippen molar-refractivity contribution in [2.24, 2.45) is 5.41 Å². The summed E-state index contributed by atoms with van der Waals surface area (Å²) in [6, 6.07) is -0.433. The van der Waals surface area contributed by atoms with Crippen LogP contribution in [0.2, 0.25) is 0 Å². The molecule has 1 fully saturated rings. The van der Waals surface area contributed by atoms with E-state index in [2.05, 4.69) is 31.3 Å². The van der Waals surface area contributed by atoms with Gasteiger partial charge in [0.25, 0.3) is 0 Å². The molecular weight excluding hydrogens is 252 g/mol. The van der Waals surface area contributed by atoms with Crippen LogP contribution in [0.1, 0.15) is 31.5 Å². The molecule has 0 spiro atoms. The Labute approximate surface area is 109 Å². The van der Waals surface area contributed by atoms with Gasteiger partial charge in [0.15, 0.2) is 5.82 Å². The number of nitrogens with zero attached hydrogens (tertiary/aromatic N) is 3. The number of nitrogens with one attached hydrogen (secondary N) is 3. The molecule has 0 aromatic carbocycles. The number of amides is 2. The van der Waals surface area contributed by atoms with Crippen molar-refractivity contribution in [2.75, 3.05) is 6.54 Å². The standard InChI is InChI=1S/C10H16N6O3/c17-8(18)10(3-1-2-4-10)6-12-9(19)11-5-7-13-15-16-14-7/h1-6H2,(H,17,18)(H2,11,12,19)(H,13,14,15,16). The number of carboxylic acids is 1. The van der Waals surface area contributed by atoms with Gasteiger partial charge in [-0.1, -0.05) is 18.1 Å². The first-order valence-corrected chi connectivity index (χ1v) is 6.10. The fourth-order valence-electron chi connectivity index (χ4n) is 2.25. The van der Waals surface area contributed by atoms with Crippen LogP contribution in [0.25, 0.3) is 0 Å². The second-order valence-electron chi connectivity index (χ2n) is 4.66. The zero-order valence-electron chi connectivity index (χ0n) is 10.3. The van der Waals surface area contributed by atoms with Crippen molar-refractivity contribution in [3.05, 3.63) is 5.82 Å². The van der Waals surface area contributed by atoms with Crippen molar-refractivity contribution in [3.8, 4) is 0 Å². The molecule has 0 radical (unpaired) electrons. The van der Waals surface area contributed by atoms with Crippen LogP contribution in [0.15, 0.2) is 0 Å². The van der Waals surface area contributed by atoms with E-state index in [-0.39, 0.29) is 13.1 Å². The molecule has 2 rings (SSSR count).